The minimum Gasteiger partial charge on any atom is -0.422 e. The number of ether oxygens (including phenoxy) is 2. The summed E-state index contributed by atoms with van der Waals surface area (Å²) in [6.45, 7) is 6.99. The molecule has 1 fully saturated rings. The molecule has 1 aromatic rings. The van der Waals surface area contributed by atoms with Gasteiger partial charge in [-0.05, 0) is 18.9 Å². The molecule has 0 N–H and O–H groups in total. The quantitative estimate of drug-likeness (QED) is 0.367. The zero-order valence-corrected chi connectivity index (χ0v) is 14.7. The zero-order valence-electron chi connectivity index (χ0n) is 14.7. The van der Waals surface area contributed by atoms with Gasteiger partial charge in [-0.25, -0.2) is 0 Å². The summed E-state index contributed by atoms with van der Waals surface area (Å²) >= 11 is 0. The standard InChI is InChI=1S/C20H24O4/c1-5-6-7-11-14-20(4,15-12-9-8-10-13-15)16-17(21)23-19(2,3)24-18(16)22/h8-10,12-13,16H,5-7H2,1-4H3. The van der Waals surface area contributed by atoms with Crippen LogP contribution in [0.3, 0.4) is 0 Å². The van der Waals surface area contributed by atoms with Gasteiger partial charge in [0, 0.05) is 20.3 Å². The van der Waals surface area contributed by atoms with E-state index in [2.05, 4.69) is 18.8 Å². The van der Waals surface area contributed by atoms with Gasteiger partial charge in [0.25, 0.3) is 5.79 Å². The Hall–Kier alpha value is -2.28. The van der Waals surface area contributed by atoms with Gasteiger partial charge in [0.1, 0.15) is 0 Å². The lowest BCUT2D eigenvalue weighted by molar-refractivity contribution is -0.242. The molecule has 0 bridgehead atoms. The first kappa shape index (κ1) is 18.1. The Morgan fingerprint density at radius 3 is 2.25 bits per heavy atom. The molecule has 1 aromatic carbocycles. The average Bonchev–Trinajstić information content (AvgIpc) is 2.50. The van der Waals surface area contributed by atoms with E-state index in [1.54, 1.807) is 20.8 Å². The molecule has 4 nitrogen and oxygen atoms in total. The summed E-state index contributed by atoms with van der Waals surface area (Å²) in [4.78, 5) is 25.1. The van der Waals surface area contributed by atoms with Crippen LogP contribution in [-0.2, 0) is 24.5 Å². The molecule has 1 aliphatic rings. The second kappa shape index (κ2) is 7.09. The lowest BCUT2D eigenvalue weighted by Crippen LogP contribution is -2.53. The maximum absolute atomic E-state index is 12.5. The van der Waals surface area contributed by atoms with Crippen LogP contribution >= 0.6 is 0 Å². The Morgan fingerprint density at radius 1 is 1.12 bits per heavy atom. The van der Waals surface area contributed by atoms with Gasteiger partial charge in [0.15, 0.2) is 5.92 Å². The lowest BCUT2D eigenvalue weighted by Gasteiger charge is -2.39. The topological polar surface area (TPSA) is 52.6 Å². The molecule has 0 amide bonds. The van der Waals surface area contributed by atoms with Crippen molar-refractivity contribution >= 4 is 11.9 Å². The fourth-order valence-corrected chi connectivity index (χ4v) is 2.80. The highest BCUT2D eigenvalue weighted by atomic mass is 16.7. The molecule has 2 rings (SSSR count). The molecule has 0 saturated carbocycles. The maximum Gasteiger partial charge on any atom is 0.325 e. The number of esters is 2. The summed E-state index contributed by atoms with van der Waals surface area (Å²) in [6, 6.07) is 9.36. The molecule has 24 heavy (non-hydrogen) atoms. The van der Waals surface area contributed by atoms with Crippen molar-refractivity contribution in [1.82, 2.24) is 0 Å². The SMILES string of the molecule is CCCCC#CC(C)(c1ccccc1)C1C(=O)OC(C)(C)OC1=O. The Balaban J connectivity index is 2.44. The first-order valence-electron chi connectivity index (χ1n) is 8.31. The average molecular weight is 328 g/mol. The van der Waals surface area contributed by atoms with Crippen LogP contribution < -0.4 is 0 Å². The van der Waals surface area contributed by atoms with E-state index in [0.29, 0.717) is 0 Å². The molecule has 128 valence electrons. The number of hydrogen-bond donors (Lipinski definition) is 0. The Bertz CT molecular complexity index is 646. The summed E-state index contributed by atoms with van der Waals surface area (Å²) in [6.07, 6.45) is 2.74. The second-order valence-corrected chi connectivity index (χ2v) is 6.65. The van der Waals surface area contributed by atoms with Crippen molar-refractivity contribution in [2.75, 3.05) is 0 Å². The third kappa shape index (κ3) is 3.79. The van der Waals surface area contributed by atoms with E-state index in [-0.39, 0.29) is 0 Å². The smallest absolute Gasteiger partial charge is 0.325 e. The predicted molar refractivity (Wildman–Crippen MR) is 90.8 cm³/mol. The van der Waals surface area contributed by atoms with Gasteiger partial charge in [-0.15, -0.1) is 5.92 Å². The van der Waals surface area contributed by atoms with Gasteiger partial charge >= 0.3 is 11.9 Å². The lowest BCUT2D eigenvalue weighted by atomic mass is 9.71. The van der Waals surface area contributed by atoms with E-state index in [0.717, 1.165) is 24.8 Å². The number of cyclic esters (lactones) is 2. The maximum atomic E-state index is 12.5. The second-order valence-electron chi connectivity index (χ2n) is 6.65. The molecule has 0 spiro atoms. The van der Waals surface area contributed by atoms with E-state index in [1.807, 2.05) is 30.3 Å². The predicted octanol–water partition coefficient (Wildman–Crippen LogP) is 3.59. The van der Waals surface area contributed by atoms with Gasteiger partial charge in [0.2, 0.25) is 0 Å². The first-order chi connectivity index (χ1) is 11.3. The Labute approximate surface area is 143 Å². The molecule has 4 heteroatoms. The van der Waals surface area contributed by atoms with Crippen LogP contribution in [0.5, 0.6) is 0 Å². The summed E-state index contributed by atoms with van der Waals surface area (Å²) in [7, 11) is 0. The molecule has 0 aliphatic carbocycles. The van der Waals surface area contributed by atoms with E-state index >= 15 is 0 Å². The fourth-order valence-electron chi connectivity index (χ4n) is 2.80. The number of unbranched alkanes of at least 4 members (excludes halogenated alkanes) is 2. The van der Waals surface area contributed by atoms with Crippen LogP contribution in [0, 0.1) is 17.8 Å². The zero-order chi connectivity index (χ0) is 17.8. The van der Waals surface area contributed by atoms with Gasteiger partial charge in [-0.2, -0.15) is 0 Å². The van der Waals surface area contributed by atoms with Crippen molar-refractivity contribution in [2.24, 2.45) is 5.92 Å². The van der Waals surface area contributed by atoms with Crippen LogP contribution in [0.25, 0.3) is 0 Å². The highest BCUT2D eigenvalue weighted by Crippen LogP contribution is 2.38. The van der Waals surface area contributed by atoms with Crippen molar-refractivity contribution in [1.29, 1.82) is 0 Å². The molecule has 1 unspecified atom stereocenters. The van der Waals surface area contributed by atoms with Crippen LogP contribution in [0.1, 0.15) is 52.5 Å². The Morgan fingerprint density at radius 2 is 1.71 bits per heavy atom. The van der Waals surface area contributed by atoms with Crippen LogP contribution in [-0.4, -0.2) is 17.7 Å². The van der Waals surface area contributed by atoms with Crippen molar-refractivity contribution in [3.63, 3.8) is 0 Å². The Kier molecular flexibility index (Phi) is 5.33. The van der Waals surface area contributed by atoms with Gasteiger partial charge in [-0.1, -0.05) is 49.6 Å². The largest absolute Gasteiger partial charge is 0.422 e. The van der Waals surface area contributed by atoms with E-state index in [9.17, 15) is 9.59 Å². The van der Waals surface area contributed by atoms with Gasteiger partial charge in [0.05, 0.1) is 5.41 Å². The summed E-state index contributed by atoms with van der Waals surface area (Å²) in [5.74, 6) is 2.76. The number of rotatable bonds is 4. The fraction of sp³-hybridized carbons (Fsp3) is 0.500. The van der Waals surface area contributed by atoms with E-state index < -0.39 is 29.1 Å². The number of benzene rings is 1. The number of carbonyl (C=O) groups is 2. The highest BCUT2D eigenvalue weighted by molar-refractivity contribution is 5.99. The molecule has 1 atom stereocenters. The van der Waals surface area contributed by atoms with Crippen molar-refractivity contribution in [2.45, 2.75) is 58.2 Å². The molecular formula is C20H24O4. The van der Waals surface area contributed by atoms with Crippen molar-refractivity contribution in [3.8, 4) is 11.8 Å². The van der Waals surface area contributed by atoms with Gasteiger partial charge < -0.3 is 9.47 Å². The van der Waals surface area contributed by atoms with Crippen molar-refractivity contribution < 1.29 is 19.1 Å². The van der Waals surface area contributed by atoms with Crippen LogP contribution in [0.4, 0.5) is 0 Å². The third-order valence-electron chi connectivity index (χ3n) is 4.12. The molecule has 1 heterocycles. The normalized spacial score (nSPS) is 19.5. The molecular weight excluding hydrogens is 304 g/mol. The summed E-state index contributed by atoms with van der Waals surface area (Å²) in [5, 5.41) is 0. The highest BCUT2D eigenvalue weighted by Gasteiger charge is 2.53. The molecule has 1 saturated heterocycles. The van der Waals surface area contributed by atoms with E-state index in [1.165, 1.54) is 0 Å². The summed E-state index contributed by atoms with van der Waals surface area (Å²) in [5.41, 5.74) is -0.188. The first-order valence-corrected chi connectivity index (χ1v) is 8.31. The van der Waals surface area contributed by atoms with Gasteiger partial charge in [-0.3, -0.25) is 9.59 Å². The van der Waals surface area contributed by atoms with Crippen LogP contribution in [0.15, 0.2) is 30.3 Å². The third-order valence-corrected chi connectivity index (χ3v) is 4.12. The molecule has 0 aromatic heterocycles. The number of carbonyl (C=O) groups excluding carboxylic acids is 2. The minimum atomic E-state index is -1.24. The number of hydrogen-bond acceptors (Lipinski definition) is 4. The summed E-state index contributed by atoms with van der Waals surface area (Å²) < 4.78 is 10.6. The molecule has 0 radical (unpaired) electrons. The minimum absolute atomic E-state index is 0.590. The van der Waals surface area contributed by atoms with E-state index in [4.69, 9.17) is 9.47 Å². The van der Waals surface area contributed by atoms with Crippen molar-refractivity contribution in [3.05, 3.63) is 35.9 Å². The molecule has 1 aliphatic heterocycles. The monoisotopic (exact) mass is 328 g/mol. The van der Waals surface area contributed by atoms with Crippen LogP contribution in [0.2, 0.25) is 0 Å².